The number of ether oxygens (including phenoxy) is 3. The van der Waals surface area contributed by atoms with Crippen molar-refractivity contribution in [3.05, 3.63) is 103 Å². The average molecular weight is 504 g/mol. The van der Waals surface area contributed by atoms with Crippen LogP contribution in [0.25, 0.3) is 54.6 Å². The van der Waals surface area contributed by atoms with Gasteiger partial charge in [0, 0.05) is 16.2 Å². The van der Waals surface area contributed by atoms with Gasteiger partial charge in [-0.25, -0.2) is 0 Å². The molecule has 0 fully saturated rings. The van der Waals surface area contributed by atoms with Gasteiger partial charge in [-0.1, -0.05) is 84.9 Å². The van der Waals surface area contributed by atoms with Crippen molar-refractivity contribution in [3.8, 4) is 58.3 Å². The minimum absolute atomic E-state index is 0.419. The highest BCUT2D eigenvalue weighted by atomic mass is 16.5. The van der Waals surface area contributed by atoms with Crippen molar-refractivity contribution in [2.75, 3.05) is 0 Å². The quantitative estimate of drug-likeness (QED) is 0.221. The van der Waals surface area contributed by atoms with E-state index in [2.05, 4.69) is 0 Å². The summed E-state index contributed by atoms with van der Waals surface area (Å²) in [6.45, 7) is 0. The molecule has 6 nitrogen and oxygen atoms in total. The molecule has 6 heteroatoms. The third-order valence-corrected chi connectivity index (χ3v) is 6.80. The second-order valence-corrected chi connectivity index (χ2v) is 8.74. The van der Waals surface area contributed by atoms with E-state index in [1.54, 1.807) is 30.7 Å². The van der Waals surface area contributed by atoms with E-state index in [0.29, 0.717) is 17.2 Å². The van der Waals surface area contributed by atoms with Crippen molar-refractivity contribution >= 4 is 32.3 Å². The molecule has 0 aliphatic carbocycles. The van der Waals surface area contributed by atoms with Crippen molar-refractivity contribution in [2.45, 2.75) is 0 Å². The number of hydrogen-bond acceptors (Lipinski definition) is 6. The molecule has 6 rings (SSSR count). The lowest BCUT2D eigenvalue weighted by atomic mass is 9.88. The first-order chi connectivity index (χ1) is 19.2. The second kappa shape index (κ2) is 9.79. The van der Waals surface area contributed by atoms with Crippen LogP contribution in [0.1, 0.15) is 0 Å². The Hall–Kier alpha value is -6.03. The second-order valence-electron chi connectivity index (χ2n) is 8.74. The summed E-state index contributed by atoms with van der Waals surface area (Å²) in [5.41, 5.74) is 3.53. The predicted octanol–water partition coefficient (Wildman–Crippen LogP) is 8.06. The van der Waals surface area contributed by atoms with Crippen molar-refractivity contribution in [2.24, 2.45) is 0 Å². The topological polar surface area (TPSA) is 99.1 Å². The SMILES string of the molecule is N#COc1cccc2c(-c3ccc(-c4cccc5cccc(OC#N)c45)c4cccc(OC#N)c34)cccc12. The summed E-state index contributed by atoms with van der Waals surface area (Å²) in [5, 5.41) is 32.9. The first kappa shape index (κ1) is 23.4. The number of rotatable bonds is 5. The highest BCUT2D eigenvalue weighted by Crippen LogP contribution is 2.45. The summed E-state index contributed by atoms with van der Waals surface area (Å²) < 4.78 is 16.0. The number of hydrogen-bond donors (Lipinski definition) is 0. The highest BCUT2D eigenvalue weighted by molar-refractivity contribution is 6.15. The first-order valence-electron chi connectivity index (χ1n) is 12.0. The molecule has 0 spiro atoms. The first-order valence-corrected chi connectivity index (χ1v) is 12.0. The summed E-state index contributed by atoms with van der Waals surface area (Å²) in [6.07, 6.45) is 5.37. The van der Waals surface area contributed by atoms with Crippen LogP contribution in [-0.4, -0.2) is 0 Å². The van der Waals surface area contributed by atoms with Crippen LogP contribution >= 0.6 is 0 Å². The van der Waals surface area contributed by atoms with Gasteiger partial charge in [0.2, 0.25) is 0 Å². The summed E-state index contributed by atoms with van der Waals surface area (Å²) in [4.78, 5) is 0. The van der Waals surface area contributed by atoms with Crippen molar-refractivity contribution in [1.82, 2.24) is 0 Å². The van der Waals surface area contributed by atoms with E-state index >= 15 is 0 Å². The van der Waals surface area contributed by atoms with Crippen LogP contribution in [0.15, 0.2) is 103 Å². The van der Waals surface area contributed by atoms with E-state index in [4.69, 9.17) is 19.5 Å². The van der Waals surface area contributed by atoms with E-state index in [9.17, 15) is 10.5 Å². The fourth-order valence-electron chi connectivity index (χ4n) is 5.29. The molecule has 182 valence electrons. The van der Waals surface area contributed by atoms with Crippen molar-refractivity contribution < 1.29 is 14.2 Å². The number of nitrogens with zero attached hydrogens (tertiary/aromatic N) is 3. The Bertz CT molecular complexity index is 2040. The zero-order valence-corrected chi connectivity index (χ0v) is 20.4. The van der Waals surface area contributed by atoms with Crippen LogP contribution in [-0.2, 0) is 0 Å². The Morgan fingerprint density at radius 3 is 1.59 bits per heavy atom. The maximum Gasteiger partial charge on any atom is 0.292 e. The molecule has 0 heterocycles. The molecule has 6 aromatic carbocycles. The van der Waals surface area contributed by atoms with Gasteiger partial charge in [0.1, 0.15) is 5.75 Å². The summed E-state index contributed by atoms with van der Waals surface area (Å²) in [6, 6.07) is 32.5. The van der Waals surface area contributed by atoms with Crippen LogP contribution in [0.3, 0.4) is 0 Å². The lowest BCUT2D eigenvalue weighted by Crippen LogP contribution is -1.93. The summed E-state index contributed by atoms with van der Waals surface area (Å²) >= 11 is 0. The van der Waals surface area contributed by atoms with Crippen LogP contribution < -0.4 is 14.2 Å². The Labute approximate surface area is 223 Å². The van der Waals surface area contributed by atoms with E-state index in [1.807, 2.05) is 91.2 Å². The zero-order chi connectivity index (χ0) is 26.8. The van der Waals surface area contributed by atoms with E-state index in [-0.39, 0.29) is 0 Å². The Kier molecular flexibility index (Phi) is 5.87. The van der Waals surface area contributed by atoms with Gasteiger partial charge in [0.15, 0.2) is 11.5 Å². The van der Waals surface area contributed by atoms with E-state index < -0.39 is 0 Å². The molecule has 0 bridgehead atoms. The van der Waals surface area contributed by atoms with Crippen LogP contribution in [0, 0.1) is 34.6 Å². The van der Waals surface area contributed by atoms with Gasteiger partial charge < -0.3 is 14.2 Å². The fraction of sp³-hybridized carbons (Fsp3) is 0. The van der Waals surface area contributed by atoms with Crippen LogP contribution in [0.2, 0.25) is 0 Å². The van der Waals surface area contributed by atoms with Crippen LogP contribution in [0.4, 0.5) is 0 Å². The number of fused-ring (bicyclic) bond motifs is 3. The molecule has 0 N–H and O–H groups in total. The summed E-state index contributed by atoms with van der Waals surface area (Å²) in [5.74, 6) is 1.35. The lowest BCUT2D eigenvalue weighted by Gasteiger charge is -2.17. The molecular formula is C33H17N3O3. The molecule has 39 heavy (non-hydrogen) atoms. The average Bonchev–Trinajstić information content (AvgIpc) is 2.97. The molecule has 0 unspecified atom stereocenters. The third-order valence-electron chi connectivity index (χ3n) is 6.80. The van der Waals surface area contributed by atoms with Crippen molar-refractivity contribution in [3.63, 3.8) is 0 Å². The molecule has 0 amide bonds. The molecular weight excluding hydrogens is 486 g/mol. The summed E-state index contributed by atoms with van der Waals surface area (Å²) in [7, 11) is 0. The van der Waals surface area contributed by atoms with Gasteiger partial charge in [-0.15, -0.1) is 15.8 Å². The van der Waals surface area contributed by atoms with E-state index in [0.717, 1.165) is 54.6 Å². The molecule has 6 aromatic rings. The molecule has 0 radical (unpaired) electrons. The normalized spacial score (nSPS) is 10.5. The van der Waals surface area contributed by atoms with Gasteiger partial charge in [0.25, 0.3) is 18.8 Å². The maximum atomic E-state index is 9.46. The van der Waals surface area contributed by atoms with Gasteiger partial charge >= 0.3 is 0 Å². The molecule has 0 atom stereocenters. The molecule has 0 aromatic heterocycles. The molecule has 0 aliphatic heterocycles. The van der Waals surface area contributed by atoms with Crippen LogP contribution in [0.5, 0.6) is 17.2 Å². The Morgan fingerprint density at radius 2 is 0.846 bits per heavy atom. The van der Waals surface area contributed by atoms with Gasteiger partial charge in [-0.2, -0.15) is 0 Å². The van der Waals surface area contributed by atoms with Gasteiger partial charge in [-0.3, -0.25) is 0 Å². The van der Waals surface area contributed by atoms with Gasteiger partial charge in [-0.05, 0) is 56.6 Å². The highest BCUT2D eigenvalue weighted by Gasteiger charge is 2.19. The Balaban J connectivity index is 1.70. The molecule has 0 saturated heterocycles. The smallest absolute Gasteiger partial charge is 0.292 e. The monoisotopic (exact) mass is 503 g/mol. The van der Waals surface area contributed by atoms with Gasteiger partial charge in [0.05, 0.1) is 0 Å². The standard InChI is InChI=1S/C33H17N3O3/c34-18-37-29-13-4-9-22-23(8-3-10-25(22)29)28-17-16-24(27-12-5-15-31(33(27)28)39-20-36)26-11-1-6-21-7-2-14-30(32(21)26)38-19-35/h1-17H. The van der Waals surface area contributed by atoms with E-state index in [1.165, 1.54) is 0 Å². The Morgan fingerprint density at radius 1 is 0.385 bits per heavy atom. The fourth-order valence-corrected chi connectivity index (χ4v) is 5.29. The predicted molar refractivity (Wildman–Crippen MR) is 149 cm³/mol. The zero-order valence-electron chi connectivity index (χ0n) is 20.4. The lowest BCUT2D eigenvalue weighted by molar-refractivity contribution is 0.513. The molecule has 0 aliphatic rings. The minimum Gasteiger partial charge on any atom is -0.387 e. The maximum absolute atomic E-state index is 9.46. The largest absolute Gasteiger partial charge is 0.387 e. The van der Waals surface area contributed by atoms with Crippen molar-refractivity contribution in [1.29, 1.82) is 15.8 Å². The minimum atomic E-state index is 0.419. The number of benzene rings is 6. The third kappa shape index (κ3) is 3.89. The number of nitriles is 3. The molecule has 0 saturated carbocycles.